The van der Waals surface area contributed by atoms with Crippen molar-refractivity contribution in [1.82, 2.24) is 24.8 Å². The lowest BCUT2D eigenvalue weighted by Gasteiger charge is -2.27. The highest BCUT2D eigenvalue weighted by Gasteiger charge is 2.21. The number of rotatable bonds is 5. The van der Waals surface area contributed by atoms with Gasteiger partial charge in [-0.2, -0.15) is 0 Å². The van der Waals surface area contributed by atoms with E-state index in [2.05, 4.69) is 37.0 Å². The van der Waals surface area contributed by atoms with E-state index in [-0.39, 0.29) is 5.56 Å². The van der Waals surface area contributed by atoms with Crippen LogP contribution in [0.1, 0.15) is 23.7 Å². The summed E-state index contributed by atoms with van der Waals surface area (Å²) in [6, 6.07) is 8.10. The predicted octanol–water partition coefficient (Wildman–Crippen LogP) is 2.18. The summed E-state index contributed by atoms with van der Waals surface area (Å²) < 4.78 is 5.57. The molecule has 3 heterocycles. The van der Waals surface area contributed by atoms with Crippen molar-refractivity contribution in [3.63, 3.8) is 0 Å². The maximum atomic E-state index is 12.6. The molecule has 4 rings (SSSR count). The number of H-pyrrole nitrogens is 1. The molecule has 0 saturated carbocycles. The molecule has 138 valence electrons. The fourth-order valence-electron chi connectivity index (χ4n) is 3.33. The van der Waals surface area contributed by atoms with E-state index in [1.807, 2.05) is 19.1 Å². The quantitative estimate of drug-likeness (QED) is 0.748. The van der Waals surface area contributed by atoms with Crippen LogP contribution in [0.3, 0.4) is 0 Å². The first kappa shape index (κ1) is 17.4. The Kier molecular flexibility index (Phi) is 4.93. The molecule has 3 aromatic rings. The lowest BCUT2D eigenvalue weighted by Crippen LogP contribution is -2.35. The predicted molar refractivity (Wildman–Crippen MR) is 101 cm³/mol. The maximum absolute atomic E-state index is 12.6. The van der Waals surface area contributed by atoms with Gasteiger partial charge in [0.1, 0.15) is 17.9 Å². The summed E-state index contributed by atoms with van der Waals surface area (Å²) >= 11 is 0. The van der Waals surface area contributed by atoms with Gasteiger partial charge in [0.2, 0.25) is 0 Å². The third-order valence-electron chi connectivity index (χ3n) is 4.60. The van der Waals surface area contributed by atoms with Crippen LogP contribution in [0.15, 0.2) is 47.8 Å². The normalized spacial score (nSPS) is 14.0. The van der Waals surface area contributed by atoms with Crippen molar-refractivity contribution in [2.45, 2.75) is 26.4 Å². The van der Waals surface area contributed by atoms with Crippen molar-refractivity contribution < 1.29 is 4.74 Å². The molecular weight excluding hydrogens is 342 g/mol. The van der Waals surface area contributed by atoms with Gasteiger partial charge in [0.25, 0.3) is 5.56 Å². The van der Waals surface area contributed by atoms with E-state index >= 15 is 0 Å². The second-order valence-electron chi connectivity index (χ2n) is 6.51. The molecule has 0 radical (unpaired) electrons. The van der Waals surface area contributed by atoms with E-state index in [1.165, 1.54) is 11.9 Å². The number of hydrogen-bond acceptors (Lipinski definition) is 6. The van der Waals surface area contributed by atoms with E-state index in [0.29, 0.717) is 24.5 Å². The Balaban J connectivity index is 1.53. The Bertz CT molecular complexity index is 987. The van der Waals surface area contributed by atoms with Crippen LogP contribution in [0.4, 0.5) is 0 Å². The van der Waals surface area contributed by atoms with Crippen molar-refractivity contribution >= 4 is 0 Å². The Labute approximate surface area is 157 Å². The van der Waals surface area contributed by atoms with Crippen molar-refractivity contribution in [3.8, 4) is 17.1 Å². The highest BCUT2D eigenvalue weighted by atomic mass is 16.5. The average molecular weight is 363 g/mol. The Morgan fingerprint density at radius 3 is 2.93 bits per heavy atom. The van der Waals surface area contributed by atoms with Gasteiger partial charge in [-0.25, -0.2) is 15.0 Å². The molecule has 1 aromatic carbocycles. The zero-order valence-corrected chi connectivity index (χ0v) is 15.2. The number of hydrogen-bond donors (Lipinski definition) is 1. The van der Waals surface area contributed by atoms with E-state index in [1.54, 1.807) is 12.4 Å². The van der Waals surface area contributed by atoms with Crippen molar-refractivity contribution in [3.05, 3.63) is 70.2 Å². The zero-order valence-electron chi connectivity index (χ0n) is 15.2. The van der Waals surface area contributed by atoms with Gasteiger partial charge < -0.3 is 9.72 Å². The first-order chi connectivity index (χ1) is 13.2. The summed E-state index contributed by atoms with van der Waals surface area (Å²) in [7, 11) is 0. The minimum atomic E-state index is -0.0911. The summed E-state index contributed by atoms with van der Waals surface area (Å²) in [5.74, 6) is 1.40. The Morgan fingerprint density at radius 2 is 2.11 bits per heavy atom. The van der Waals surface area contributed by atoms with Gasteiger partial charge in [-0.3, -0.25) is 9.69 Å². The molecule has 0 fully saturated rings. The van der Waals surface area contributed by atoms with Crippen molar-refractivity contribution in [2.75, 3.05) is 13.2 Å². The maximum Gasteiger partial charge on any atom is 0.255 e. The van der Waals surface area contributed by atoms with Gasteiger partial charge in [-0.05, 0) is 24.6 Å². The van der Waals surface area contributed by atoms with E-state index < -0.39 is 0 Å². The van der Waals surface area contributed by atoms with Crippen LogP contribution >= 0.6 is 0 Å². The van der Waals surface area contributed by atoms with Crippen LogP contribution in [-0.2, 0) is 19.5 Å². The SMILES string of the molecule is CCOc1cccc(CN2CCc3nc(-c4cncnc4)[nH]c(=O)c3C2)c1. The van der Waals surface area contributed by atoms with Gasteiger partial charge in [0.15, 0.2) is 0 Å². The Morgan fingerprint density at radius 1 is 1.26 bits per heavy atom. The molecule has 2 aromatic heterocycles. The zero-order chi connectivity index (χ0) is 18.6. The third-order valence-corrected chi connectivity index (χ3v) is 4.60. The molecule has 0 amide bonds. The second-order valence-corrected chi connectivity index (χ2v) is 6.51. The highest BCUT2D eigenvalue weighted by Crippen LogP contribution is 2.20. The molecule has 7 nitrogen and oxygen atoms in total. The molecule has 0 spiro atoms. The van der Waals surface area contributed by atoms with Crippen molar-refractivity contribution in [2.24, 2.45) is 0 Å². The molecule has 0 saturated heterocycles. The molecular formula is C20H21N5O2. The standard InChI is InChI=1S/C20H21N5O2/c1-2-27-16-5-3-4-14(8-16)11-25-7-6-18-17(12-25)20(26)24-19(23-18)15-9-21-13-22-10-15/h3-5,8-10,13H,2,6-7,11-12H2,1H3,(H,23,24,26). The summed E-state index contributed by atoms with van der Waals surface area (Å²) in [6.45, 7) is 4.84. The number of aromatic nitrogens is 4. The average Bonchev–Trinajstić information content (AvgIpc) is 2.69. The van der Waals surface area contributed by atoms with E-state index in [4.69, 9.17) is 4.74 Å². The number of nitrogens with one attached hydrogen (secondary N) is 1. The Hall–Kier alpha value is -3.06. The van der Waals surface area contributed by atoms with E-state index in [9.17, 15) is 4.79 Å². The van der Waals surface area contributed by atoms with Gasteiger partial charge in [-0.15, -0.1) is 0 Å². The molecule has 1 aliphatic heterocycles. The van der Waals surface area contributed by atoms with Crippen LogP contribution in [0.5, 0.6) is 5.75 Å². The van der Waals surface area contributed by atoms with Gasteiger partial charge in [0, 0.05) is 38.4 Å². The van der Waals surface area contributed by atoms with Gasteiger partial charge in [-0.1, -0.05) is 12.1 Å². The number of fused-ring (bicyclic) bond motifs is 1. The second kappa shape index (κ2) is 7.67. The summed E-state index contributed by atoms with van der Waals surface area (Å²) in [4.78, 5) is 30.4. The molecule has 0 bridgehead atoms. The van der Waals surface area contributed by atoms with Gasteiger partial charge in [0.05, 0.1) is 23.4 Å². The largest absolute Gasteiger partial charge is 0.494 e. The van der Waals surface area contributed by atoms with Crippen LogP contribution in [0, 0.1) is 0 Å². The number of ether oxygens (including phenoxy) is 1. The summed E-state index contributed by atoms with van der Waals surface area (Å²) in [5, 5.41) is 0. The lowest BCUT2D eigenvalue weighted by atomic mass is 10.1. The highest BCUT2D eigenvalue weighted by molar-refractivity contribution is 5.52. The van der Waals surface area contributed by atoms with Crippen molar-refractivity contribution in [1.29, 1.82) is 0 Å². The fourth-order valence-corrected chi connectivity index (χ4v) is 3.33. The lowest BCUT2D eigenvalue weighted by molar-refractivity contribution is 0.241. The minimum Gasteiger partial charge on any atom is -0.494 e. The molecule has 0 atom stereocenters. The first-order valence-corrected chi connectivity index (χ1v) is 9.04. The first-order valence-electron chi connectivity index (χ1n) is 9.04. The van der Waals surface area contributed by atoms with Crippen LogP contribution in [-0.4, -0.2) is 38.0 Å². The van der Waals surface area contributed by atoms with Crippen LogP contribution < -0.4 is 10.3 Å². The molecule has 1 N–H and O–H groups in total. The molecule has 0 aliphatic carbocycles. The smallest absolute Gasteiger partial charge is 0.255 e. The van der Waals surface area contributed by atoms with Crippen LogP contribution in [0.25, 0.3) is 11.4 Å². The summed E-state index contributed by atoms with van der Waals surface area (Å²) in [6.07, 6.45) is 5.50. The number of nitrogens with zero attached hydrogens (tertiary/aromatic N) is 4. The third kappa shape index (κ3) is 3.88. The fraction of sp³-hybridized carbons (Fsp3) is 0.300. The molecule has 1 aliphatic rings. The number of aromatic amines is 1. The number of benzene rings is 1. The monoisotopic (exact) mass is 363 g/mol. The molecule has 27 heavy (non-hydrogen) atoms. The summed E-state index contributed by atoms with van der Waals surface area (Å²) in [5.41, 5.74) is 3.39. The van der Waals surface area contributed by atoms with Crippen LogP contribution in [0.2, 0.25) is 0 Å². The molecule has 7 heteroatoms. The minimum absolute atomic E-state index is 0.0911. The molecule has 0 unspecified atom stereocenters. The van der Waals surface area contributed by atoms with E-state index in [0.717, 1.165) is 36.5 Å². The van der Waals surface area contributed by atoms with Gasteiger partial charge >= 0.3 is 0 Å². The topological polar surface area (TPSA) is 84.0 Å².